The first kappa shape index (κ1) is 18.9. The predicted octanol–water partition coefficient (Wildman–Crippen LogP) is 1.17. The topological polar surface area (TPSA) is 93.4 Å². The lowest BCUT2D eigenvalue weighted by Gasteiger charge is -2.47. The minimum absolute atomic E-state index is 0.0192. The summed E-state index contributed by atoms with van der Waals surface area (Å²) in [6.07, 6.45) is -0.0351. The van der Waals surface area contributed by atoms with E-state index in [9.17, 15) is 13.6 Å². The van der Waals surface area contributed by atoms with Crippen LogP contribution in [-0.2, 0) is 4.74 Å². The molecule has 0 radical (unpaired) electrons. The number of halogens is 2. The number of alkyl halides is 2. The van der Waals surface area contributed by atoms with Crippen LogP contribution in [0.5, 0.6) is 0 Å². The number of hydrogen-bond acceptors (Lipinski definition) is 6. The fraction of sp³-hybridized carbons (Fsp3) is 0.706. The van der Waals surface area contributed by atoms with E-state index < -0.39 is 30.2 Å². The maximum Gasteiger partial charge on any atom is 0.289 e. The van der Waals surface area contributed by atoms with Crippen LogP contribution >= 0.6 is 0 Å². The lowest BCUT2D eigenvalue weighted by molar-refractivity contribution is -0.146. The van der Waals surface area contributed by atoms with Crippen molar-refractivity contribution < 1.29 is 18.3 Å². The van der Waals surface area contributed by atoms with Crippen molar-refractivity contribution in [2.45, 2.75) is 50.6 Å². The fourth-order valence-corrected chi connectivity index (χ4v) is 3.74. The molecule has 1 aliphatic heterocycles. The molecule has 0 unspecified atom stereocenters. The molecule has 144 valence electrons. The maximum absolute atomic E-state index is 13.4. The van der Waals surface area contributed by atoms with Gasteiger partial charge in [-0.05, 0) is 20.3 Å². The van der Waals surface area contributed by atoms with Crippen LogP contribution in [0.2, 0.25) is 0 Å². The molecule has 2 heterocycles. The Morgan fingerprint density at radius 2 is 2.08 bits per heavy atom. The Morgan fingerprint density at radius 3 is 2.62 bits per heavy atom. The van der Waals surface area contributed by atoms with Crippen LogP contribution in [0.4, 0.5) is 14.6 Å². The number of aromatic nitrogens is 2. The molecule has 0 bridgehead atoms. The molecule has 7 nitrogen and oxygen atoms in total. The molecular weight excluding hydrogens is 344 g/mol. The van der Waals surface area contributed by atoms with Gasteiger partial charge in [0.2, 0.25) is 5.82 Å². The Kier molecular flexibility index (Phi) is 4.87. The number of anilines is 1. The first-order valence-corrected chi connectivity index (χ1v) is 8.70. The number of nitrogens with zero attached hydrogens (tertiary/aromatic N) is 3. The Morgan fingerprint density at radius 1 is 1.38 bits per heavy atom. The normalized spacial score (nSPS) is 23.6. The van der Waals surface area contributed by atoms with Crippen LogP contribution < -0.4 is 16.0 Å². The average molecular weight is 369 g/mol. The van der Waals surface area contributed by atoms with Crippen molar-refractivity contribution in [2.24, 2.45) is 5.73 Å². The van der Waals surface area contributed by atoms with Gasteiger partial charge >= 0.3 is 0 Å². The standard InChI is InChI=1S/C17H25F2N5O2/c1-10-11(2)21-13(22-14(10)24-5-4-12(20)6-24)15(25)23-16(9-26-3)7-17(18,19)8-16/h12H,4-9,20H2,1-3H3,(H,23,25)/t12-/m1/s1. The summed E-state index contributed by atoms with van der Waals surface area (Å²) in [5.41, 5.74) is 6.46. The van der Waals surface area contributed by atoms with E-state index in [0.29, 0.717) is 18.1 Å². The third-order valence-corrected chi connectivity index (χ3v) is 5.08. The van der Waals surface area contributed by atoms with Crippen molar-refractivity contribution in [1.82, 2.24) is 15.3 Å². The number of ether oxygens (including phenoxy) is 1. The number of amides is 1. The molecule has 0 spiro atoms. The third kappa shape index (κ3) is 3.64. The van der Waals surface area contributed by atoms with Gasteiger partial charge in [-0.2, -0.15) is 0 Å². The van der Waals surface area contributed by atoms with Crippen molar-refractivity contribution in [3.05, 3.63) is 17.1 Å². The van der Waals surface area contributed by atoms with Crippen LogP contribution in [0.3, 0.4) is 0 Å². The summed E-state index contributed by atoms with van der Waals surface area (Å²) >= 11 is 0. The van der Waals surface area contributed by atoms with E-state index in [1.807, 2.05) is 11.8 Å². The number of nitrogens with one attached hydrogen (secondary N) is 1. The summed E-state index contributed by atoms with van der Waals surface area (Å²) in [7, 11) is 1.42. The van der Waals surface area contributed by atoms with Gasteiger partial charge in [0.15, 0.2) is 0 Å². The summed E-state index contributed by atoms with van der Waals surface area (Å²) in [6.45, 7) is 5.15. The SMILES string of the molecule is COCC1(NC(=O)c2nc(C)c(C)c(N3CC[C@@H](N)C3)n2)CC(F)(F)C1. The molecule has 1 aromatic rings. The van der Waals surface area contributed by atoms with E-state index in [-0.39, 0.29) is 18.5 Å². The van der Waals surface area contributed by atoms with Crippen LogP contribution in [0.25, 0.3) is 0 Å². The number of aryl methyl sites for hydroxylation is 1. The second-order valence-corrected chi connectivity index (χ2v) is 7.45. The lowest BCUT2D eigenvalue weighted by atomic mass is 9.74. The largest absolute Gasteiger partial charge is 0.382 e. The summed E-state index contributed by atoms with van der Waals surface area (Å²) in [5, 5.41) is 2.66. The summed E-state index contributed by atoms with van der Waals surface area (Å²) in [4.78, 5) is 23.4. The first-order chi connectivity index (χ1) is 12.1. The molecule has 1 saturated carbocycles. The number of rotatable bonds is 5. The number of carbonyl (C=O) groups excluding carboxylic acids is 1. The highest BCUT2D eigenvalue weighted by atomic mass is 19.3. The molecular formula is C17H25F2N5O2. The number of nitrogens with two attached hydrogens (primary N) is 1. The van der Waals surface area contributed by atoms with Gasteiger partial charge in [-0.25, -0.2) is 18.7 Å². The number of hydrogen-bond donors (Lipinski definition) is 2. The van der Waals surface area contributed by atoms with Crippen molar-refractivity contribution in [1.29, 1.82) is 0 Å². The number of methoxy groups -OCH3 is 1. The van der Waals surface area contributed by atoms with Gasteiger partial charge in [-0.15, -0.1) is 0 Å². The molecule has 1 saturated heterocycles. The van der Waals surface area contributed by atoms with Crippen molar-refractivity contribution in [2.75, 3.05) is 31.7 Å². The van der Waals surface area contributed by atoms with Crippen LogP contribution in [-0.4, -0.2) is 60.2 Å². The summed E-state index contributed by atoms with van der Waals surface area (Å²) in [6, 6.07) is 0.0733. The van der Waals surface area contributed by atoms with Crippen LogP contribution in [0, 0.1) is 13.8 Å². The molecule has 0 aromatic carbocycles. The second-order valence-electron chi connectivity index (χ2n) is 7.45. The zero-order valence-electron chi connectivity index (χ0n) is 15.3. The molecule has 1 atom stereocenters. The van der Waals surface area contributed by atoms with Gasteiger partial charge in [0.05, 0.1) is 12.1 Å². The minimum atomic E-state index is -2.79. The predicted molar refractivity (Wildman–Crippen MR) is 92.6 cm³/mol. The zero-order chi connectivity index (χ0) is 19.1. The van der Waals surface area contributed by atoms with E-state index in [2.05, 4.69) is 15.3 Å². The van der Waals surface area contributed by atoms with Crippen molar-refractivity contribution >= 4 is 11.7 Å². The molecule has 3 rings (SSSR count). The fourth-order valence-electron chi connectivity index (χ4n) is 3.74. The Bertz CT molecular complexity index is 705. The highest BCUT2D eigenvalue weighted by molar-refractivity contribution is 5.91. The smallest absolute Gasteiger partial charge is 0.289 e. The van der Waals surface area contributed by atoms with E-state index in [1.54, 1.807) is 6.92 Å². The molecule has 9 heteroatoms. The quantitative estimate of drug-likeness (QED) is 0.809. The van der Waals surface area contributed by atoms with Gasteiger partial charge in [0, 0.05) is 50.3 Å². The molecule has 2 fully saturated rings. The summed E-state index contributed by atoms with van der Waals surface area (Å²) in [5.74, 6) is -2.69. The van der Waals surface area contributed by atoms with Crippen molar-refractivity contribution in [3.63, 3.8) is 0 Å². The molecule has 1 aromatic heterocycles. The highest BCUT2D eigenvalue weighted by Crippen LogP contribution is 2.45. The molecule has 2 aliphatic rings. The van der Waals surface area contributed by atoms with Crippen LogP contribution in [0.1, 0.15) is 41.1 Å². The van der Waals surface area contributed by atoms with E-state index in [4.69, 9.17) is 10.5 Å². The Hall–Kier alpha value is -1.87. The van der Waals surface area contributed by atoms with E-state index in [1.165, 1.54) is 7.11 Å². The third-order valence-electron chi connectivity index (χ3n) is 5.08. The molecule has 1 amide bonds. The van der Waals surface area contributed by atoms with Gasteiger partial charge < -0.3 is 20.7 Å². The number of carbonyl (C=O) groups is 1. The lowest BCUT2D eigenvalue weighted by Crippen LogP contribution is -2.64. The van der Waals surface area contributed by atoms with Crippen LogP contribution in [0.15, 0.2) is 0 Å². The Labute approximate surface area is 151 Å². The van der Waals surface area contributed by atoms with Gasteiger partial charge in [0.25, 0.3) is 11.8 Å². The highest BCUT2D eigenvalue weighted by Gasteiger charge is 2.57. The van der Waals surface area contributed by atoms with E-state index in [0.717, 1.165) is 18.5 Å². The first-order valence-electron chi connectivity index (χ1n) is 8.70. The van der Waals surface area contributed by atoms with Crippen molar-refractivity contribution in [3.8, 4) is 0 Å². The molecule has 3 N–H and O–H groups in total. The Balaban J connectivity index is 1.82. The monoisotopic (exact) mass is 369 g/mol. The maximum atomic E-state index is 13.4. The van der Waals surface area contributed by atoms with Gasteiger partial charge in [-0.3, -0.25) is 4.79 Å². The average Bonchev–Trinajstić information content (AvgIpc) is 2.94. The minimum Gasteiger partial charge on any atom is -0.382 e. The van der Waals surface area contributed by atoms with Gasteiger partial charge in [-0.1, -0.05) is 0 Å². The molecule has 26 heavy (non-hydrogen) atoms. The summed E-state index contributed by atoms with van der Waals surface area (Å²) < 4.78 is 31.8. The molecule has 1 aliphatic carbocycles. The second kappa shape index (κ2) is 6.70. The van der Waals surface area contributed by atoms with E-state index >= 15 is 0 Å². The van der Waals surface area contributed by atoms with Gasteiger partial charge in [0.1, 0.15) is 5.82 Å². The zero-order valence-corrected chi connectivity index (χ0v) is 15.3.